The van der Waals surface area contributed by atoms with Crippen LogP contribution in [0.15, 0.2) is 54.6 Å². The summed E-state index contributed by atoms with van der Waals surface area (Å²) in [5, 5.41) is 3.28. The molecule has 3 atom stereocenters. The van der Waals surface area contributed by atoms with Crippen molar-refractivity contribution >= 4 is 11.9 Å². The minimum Gasteiger partial charge on any atom is -0.427 e. The van der Waals surface area contributed by atoms with E-state index in [4.69, 9.17) is 4.74 Å². The number of nitrogens with one attached hydrogen (secondary N) is 1. The van der Waals surface area contributed by atoms with E-state index in [1.54, 1.807) is 0 Å². The third-order valence-corrected chi connectivity index (χ3v) is 6.77. The first-order valence-corrected chi connectivity index (χ1v) is 10.8. The molecule has 0 bridgehead atoms. The average molecular weight is 407 g/mol. The van der Waals surface area contributed by atoms with Gasteiger partial charge in [0.05, 0.1) is 0 Å². The molecule has 1 amide bonds. The zero-order valence-electron chi connectivity index (χ0n) is 17.8. The number of amides is 1. The lowest BCUT2D eigenvalue weighted by molar-refractivity contribution is -0.131. The molecule has 1 saturated heterocycles. The average Bonchev–Trinajstić information content (AvgIpc) is 2.74. The molecule has 0 radical (unpaired) electrons. The fourth-order valence-electron chi connectivity index (χ4n) is 5.33. The molecule has 4 rings (SSSR count). The standard InChI is InChI=1S/C25H30N2O3/c1-18(28)30-23-10-6-9-20(15-23)25-13-14-27(2)17-21(25)11-12-22(16-25)26-24(29)19-7-4-3-5-8-19/h3-10,15,21-22H,11-14,16-17H2,1-2H3,(H,26,29)/t21-,22-,25+/m1/s1. The molecular formula is C25H30N2O3. The van der Waals surface area contributed by atoms with Gasteiger partial charge in [0, 0.05) is 30.5 Å². The van der Waals surface area contributed by atoms with Crippen LogP contribution in [0.2, 0.25) is 0 Å². The number of nitrogens with zero attached hydrogens (tertiary/aromatic N) is 1. The number of benzene rings is 2. The summed E-state index contributed by atoms with van der Waals surface area (Å²) >= 11 is 0. The fraction of sp³-hybridized carbons (Fsp3) is 0.440. The number of hydrogen-bond acceptors (Lipinski definition) is 4. The molecule has 1 saturated carbocycles. The largest absolute Gasteiger partial charge is 0.427 e. The fourth-order valence-corrected chi connectivity index (χ4v) is 5.33. The zero-order chi connectivity index (χ0) is 21.1. The van der Waals surface area contributed by atoms with Crippen LogP contribution in [0.4, 0.5) is 0 Å². The molecule has 1 aliphatic carbocycles. The van der Waals surface area contributed by atoms with Gasteiger partial charge in [-0.2, -0.15) is 0 Å². The van der Waals surface area contributed by atoms with Crippen LogP contribution in [0.25, 0.3) is 0 Å². The highest BCUT2D eigenvalue weighted by molar-refractivity contribution is 5.94. The highest BCUT2D eigenvalue weighted by Gasteiger charge is 2.47. The lowest BCUT2D eigenvalue weighted by Gasteiger charge is -2.52. The first-order valence-electron chi connectivity index (χ1n) is 10.8. The number of esters is 1. The molecule has 5 heteroatoms. The van der Waals surface area contributed by atoms with Crippen molar-refractivity contribution in [2.24, 2.45) is 5.92 Å². The number of piperidine rings is 1. The first kappa shape index (κ1) is 20.6. The van der Waals surface area contributed by atoms with Crippen LogP contribution in [0.3, 0.4) is 0 Å². The van der Waals surface area contributed by atoms with E-state index in [1.807, 2.05) is 48.5 Å². The van der Waals surface area contributed by atoms with E-state index in [-0.39, 0.29) is 23.3 Å². The number of likely N-dealkylation sites (tertiary alicyclic amines) is 1. The number of rotatable bonds is 4. The van der Waals surface area contributed by atoms with E-state index < -0.39 is 0 Å². The van der Waals surface area contributed by atoms with Crippen LogP contribution in [0.5, 0.6) is 5.75 Å². The smallest absolute Gasteiger partial charge is 0.308 e. The Bertz CT molecular complexity index is 914. The highest BCUT2D eigenvalue weighted by atomic mass is 16.5. The van der Waals surface area contributed by atoms with Gasteiger partial charge in [0.2, 0.25) is 0 Å². The maximum absolute atomic E-state index is 12.8. The van der Waals surface area contributed by atoms with Crippen molar-refractivity contribution in [3.63, 3.8) is 0 Å². The van der Waals surface area contributed by atoms with Gasteiger partial charge in [-0.25, -0.2) is 0 Å². The van der Waals surface area contributed by atoms with Gasteiger partial charge in [-0.3, -0.25) is 9.59 Å². The maximum Gasteiger partial charge on any atom is 0.308 e. The summed E-state index contributed by atoms with van der Waals surface area (Å²) < 4.78 is 5.37. The van der Waals surface area contributed by atoms with Crippen LogP contribution in [0.1, 0.15) is 48.5 Å². The van der Waals surface area contributed by atoms with Gasteiger partial charge in [0.25, 0.3) is 5.91 Å². The first-order chi connectivity index (χ1) is 14.5. The van der Waals surface area contributed by atoms with Gasteiger partial charge in [0.15, 0.2) is 0 Å². The van der Waals surface area contributed by atoms with E-state index in [0.717, 1.165) is 38.8 Å². The molecule has 1 aliphatic heterocycles. The molecule has 2 aromatic rings. The molecule has 158 valence electrons. The second kappa shape index (κ2) is 8.60. The molecule has 0 aromatic heterocycles. The lowest BCUT2D eigenvalue weighted by Crippen LogP contribution is -2.55. The minimum absolute atomic E-state index is 0.00390. The van der Waals surface area contributed by atoms with Crippen molar-refractivity contribution in [3.05, 3.63) is 65.7 Å². The summed E-state index contributed by atoms with van der Waals surface area (Å²) in [6, 6.07) is 17.6. The van der Waals surface area contributed by atoms with Crippen LogP contribution < -0.4 is 10.1 Å². The summed E-state index contributed by atoms with van der Waals surface area (Å²) in [4.78, 5) is 26.6. The van der Waals surface area contributed by atoms with Gasteiger partial charge >= 0.3 is 5.97 Å². The molecule has 1 heterocycles. The van der Waals surface area contributed by atoms with Crippen molar-refractivity contribution < 1.29 is 14.3 Å². The summed E-state index contributed by atoms with van der Waals surface area (Å²) in [6.07, 6.45) is 4.01. The molecule has 0 unspecified atom stereocenters. The minimum atomic E-state index is -0.304. The number of fused-ring (bicyclic) bond motifs is 1. The summed E-state index contributed by atoms with van der Waals surface area (Å²) in [5.74, 6) is 0.813. The Morgan fingerprint density at radius 1 is 1.10 bits per heavy atom. The Morgan fingerprint density at radius 2 is 1.90 bits per heavy atom. The number of carbonyl (C=O) groups excluding carboxylic acids is 2. The van der Waals surface area contributed by atoms with Gasteiger partial charge in [-0.05, 0) is 75.0 Å². The molecule has 5 nitrogen and oxygen atoms in total. The second-order valence-corrected chi connectivity index (χ2v) is 8.80. The number of hydrogen-bond donors (Lipinski definition) is 1. The zero-order valence-corrected chi connectivity index (χ0v) is 17.8. The third-order valence-electron chi connectivity index (χ3n) is 6.77. The van der Waals surface area contributed by atoms with Crippen molar-refractivity contribution in [2.45, 2.75) is 44.1 Å². The van der Waals surface area contributed by atoms with Crippen molar-refractivity contribution in [1.82, 2.24) is 10.2 Å². The molecule has 2 aliphatic rings. The van der Waals surface area contributed by atoms with Crippen molar-refractivity contribution in [2.75, 3.05) is 20.1 Å². The quantitative estimate of drug-likeness (QED) is 0.620. The molecule has 0 spiro atoms. The van der Waals surface area contributed by atoms with Gasteiger partial charge in [-0.1, -0.05) is 30.3 Å². The van der Waals surface area contributed by atoms with Crippen LogP contribution in [-0.2, 0) is 10.2 Å². The molecular weight excluding hydrogens is 376 g/mol. The Hall–Kier alpha value is -2.66. The van der Waals surface area contributed by atoms with E-state index in [1.165, 1.54) is 12.5 Å². The van der Waals surface area contributed by atoms with E-state index >= 15 is 0 Å². The van der Waals surface area contributed by atoms with Gasteiger partial charge < -0.3 is 15.0 Å². The molecule has 1 N–H and O–H groups in total. The van der Waals surface area contributed by atoms with E-state index in [0.29, 0.717) is 17.2 Å². The van der Waals surface area contributed by atoms with Crippen molar-refractivity contribution in [1.29, 1.82) is 0 Å². The van der Waals surface area contributed by atoms with Crippen LogP contribution in [0, 0.1) is 5.92 Å². The number of ether oxygens (including phenoxy) is 1. The van der Waals surface area contributed by atoms with Crippen molar-refractivity contribution in [3.8, 4) is 5.75 Å². The van der Waals surface area contributed by atoms with Crippen LogP contribution >= 0.6 is 0 Å². The predicted molar refractivity (Wildman–Crippen MR) is 117 cm³/mol. The summed E-state index contributed by atoms with van der Waals surface area (Å²) in [7, 11) is 2.18. The molecule has 2 aromatic carbocycles. The van der Waals surface area contributed by atoms with Crippen LogP contribution in [-0.4, -0.2) is 43.0 Å². The lowest BCUT2D eigenvalue weighted by atomic mass is 9.58. The topological polar surface area (TPSA) is 58.6 Å². The number of carbonyl (C=O) groups is 2. The monoisotopic (exact) mass is 406 g/mol. The highest BCUT2D eigenvalue weighted by Crippen LogP contribution is 2.49. The van der Waals surface area contributed by atoms with Gasteiger partial charge in [0.1, 0.15) is 5.75 Å². The normalized spacial score (nSPS) is 26.5. The predicted octanol–water partition coefficient (Wildman–Crippen LogP) is 3.78. The Morgan fingerprint density at radius 3 is 2.67 bits per heavy atom. The molecule has 30 heavy (non-hydrogen) atoms. The maximum atomic E-state index is 12.8. The third kappa shape index (κ3) is 4.26. The summed E-state index contributed by atoms with van der Waals surface area (Å²) in [6.45, 7) is 3.50. The SMILES string of the molecule is CC(=O)Oc1cccc([C@@]23CCN(C)C[C@H]2CC[C@@H](NC(=O)c2ccccc2)C3)c1. The Balaban J connectivity index is 1.60. The second-order valence-electron chi connectivity index (χ2n) is 8.80. The van der Waals surface area contributed by atoms with E-state index in [2.05, 4.69) is 23.3 Å². The Labute approximate surface area is 178 Å². The molecule has 2 fully saturated rings. The van der Waals surface area contributed by atoms with E-state index in [9.17, 15) is 9.59 Å². The Kier molecular flexibility index (Phi) is 5.91. The summed E-state index contributed by atoms with van der Waals surface area (Å²) in [5.41, 5.74) is 1.90. The van der Waals surface area contributed by atoms with Gasteiger partial charge in [-0.15, -0.1) is 0 Å².